The van der Waals surface area contributed by atoms with Gasteiger partial charge < -0.3 is 5.32 Å². The van der Waals surface area contributed by atoms with Crippen molar-refractivity contribution in [3.63, 3.8) is 0 Å². The van der Waals surface area contributed by atoms with Crippen LogP contribution < -0.4 is 5.32 Å². The maximum Gasteiger partial charge on any atom is 0.244 e. The Hall–Kier alpha value is -1.47. The Labute approximate surface area is 144 Å². The molecule has 1 fully saturated rings. The van der Waals surface area contributed by atoms with E-state index in [9.17, 15) is 13.2 Å². The average molecular weight is 353 g/mol. The number of sulfonamides is 1. The zero-order valence-corrected chi connectivity index (χ0v) is 15.1. The molecular formula is C17H27N3O3S. The molecule has 6 nitrogen and oxygen atoms in total. The van der Waals surface area contributed by atoms with Crippen molar-refractivity contribution >= 4 is 15.9 Å². The first-order valence-corrected chi connectivity index (χ1v) is 10.2. The van der Waals surface area contributed by atoms with Gasteiger partial charge in [0.1, 0.15) is 4.90 Å². The second-order valence-electron chi connectivity index (χ2n) is 6.22. The van der Waals surface area contributed by atoms with Crippen molar-refractivity contribution < 1.29 is 13.2 Å². The summed E-state index contributed by atoms with van der Waals surface area (Å²) < 4.78 is 26.5. The maximum atomic E-state index is 12.5. The average Bonchev–Trinajstić information content (AvgIpc) is 2.62. The lowest BCUT2D eigenvalue weighted by Crippen LogP contribution is -2.43. The molecule has 0 aromatic carbocycles. The highest BCUT2D eigenvalue weighted by Crippen LogP contribution is 2.23. The molecule has 0 unspecified atom stereocenters. The molecule has 0 aliphatic carbocycles. The minimum atomic E-state index is -3.50. The van der Waals surface area contributed by atoms with E-state index in [0.717, 1.165) is 12.8 Å². The lowest BCUT2D eigenvalue weighted by Gasteiger charge is -2.30. The van der Waals surface area contributed by atoms with Crippen molar-refractivity contribution in [2.75, 3.05) is 19.6 Å². The number of piperidine rings is 1. The van der Waals surface area contributed by atoms with Crippen molar-refractivity contribution in [3.8, 4) is 0 Å². The van der Waals surface area contributed by atoms with Crippen LogP contribution in [0.4, 0.5) is 0 Å². The molecule has 2 rings (SSSR count). The molecule has 1 N–H and O–H groups in total. The standard InChI is InChI=1S/C17H27N3O3S/c1-2-3-4-5-11-19-17(21)15-8-12-20(13-9-15)24(22,23)16-7-6-10-18-14-16/h6-7,10,14-15H,2-5,8-9,11-13H2,1H3,(H,19,21). The van der Waals surface area contributed by atoms with E-state index in [4.69, 9.17) is 0 Å². The Kier molecular flexibility index (Phi) is 7.17. The molecule has 0 saturated carbocycles. The zero-order valence-electron chi connectivity index (χ0n) is 14.3. The van der Waals surface area contributed by atoms with Crippen LogP contribution in [0.2, 0.25) is 0 Å². The molecule has 1 amide bonds. The quantitative estimate of drug-likeness (QED) is 0.727. The van der Waals surface area contributed by atoms with Crippen molar-refractivity contribution in [2.24, 2.45) is 5.92 Å². The molecule has 1 aliphatic rings. The fourth-order valence-corrected chi connectivity index (χ4v) is 4.35. The Bertz CT molecular complexity index is 611. The van der Waals surface area contributed by atoms with Crippen molar-refractivity contribution in [1.29, 1.82) is 0 Å². The number of nitrogens with one attached hydrogen (secondary N) is 1. The fourth-order valence-electron chi connectivity index (χ4n) is 2.91. The molecular weight excluding hydrogens is 326 g/mol. The van der Waals surface area contributed by atoms with Crippen LogP contribution in [-0.4, -0.2) is 43.2 Å². The van der Waals surface area contributed by atoms with Crippen LogP contribution in [-0.2, 0) is 14.8 Å². The highest BCUT2D eigenvalue weighted by Gasteiger charge is 2.31. The maximum absolute atomic E-state index is 12.5. The summed E-state index contributed by atoms with van der Waals surface area (Å²) >= 11 is 0. The van der Waals surface area contributed by atoms with Gasteiger partial charge in [0, 0.05) is 37.9 Å². The second-order valence-corrected chi connectivity index (χ2v) is 8.16. The molecule has 7 heteroatoms. The molecule has 1 saturated heterocycles. The van der Waals surface area contributed by atoms with Crippen molar-refractivity contribution in [3.05, 3.63) is 24.5 Å². The van der Waals surface area contributed by atoms with Gasteiger partial charge in [-0.1, -0.05) is 26.2 Å². The smallest absolute Gasteiger partial charge is 0.244 e. The Morgan fingerprint density at radius 1 is 1.29 bits per heavy atom. The summed E-state index contributed by atoms with van der Waals surface area (Å²) in [6.45, 7) is 3.63. The topological polar surface area (TPSA) is 79.4 Å². The molecule has 1 aromatic rings. The number of nitrogens with zero attached hydrogens (tertiary/aromatic N) is 2. The lowest BCUT2D eigenvalue weighted by atomic mass is 9.97. The van der Waals surface area contributed by atoms with Crippen molar-refractivity contribution in [2.45, 2.75) is 50.3 Å². The highest BCUT2D eigenvalue weighted by molar-refractivity contribution is 7.89. The Morgan fingerprint density at radius 3 is 2.67 bits per heavy atom. The molecule has 0 spiro atoms. The van der Waals surface area contributed by atoms with Gasteiger partial charge in [-0.2, -0.15) is 4.31 Å². The molecule has 0 atom stereocenters. The molecule has 134 valence electrons. The largest absolute Gasteiger partial charge is 0.356 e. The first-order chi connectivity index (χ1) is 11.6. The van der Waals surface area contributed by atoms with Crippen LogP contribution in [0.5, 0.6) is 0 Å². The van der Waals surface area contributed by atoms with Gasteiger partial charge in [0.25, 0.3) is 0 Å². The number of amides is 1. The summed E-state index contributed by atoms with van der Waals surface area (Å²) in [6.07, 6.45) is 8.58. The Morgan fingerprint density at radius 2 is 2.04 bits per heavy atom. The number of hydrogen-bond acceptors (Lipinski definition) is 4. The third kappa shape index (κ3) is 5.01. The normalized spacial score (nSPS) is 16.9. The zero-order chi connectivity index (χ0) is 17.4. The van der Waals surface area contributed by atoms with Crippen LogP contribution in [0.15, 0.2) is 29.4 Å². The molecule has 0 bridgehead atoms. The number of aromatic nitrogens is 1. The molecule has 1 aliphatic heterocycles. The fraction of sp³-hybridized carbons (Fsp3) is 0.647. The third-order valence-corrected chi connectivity index (χ3v) is 6.31. The number of hydrogen-bond donors (Lipinski definition) is 1. The van der Waals surface area contributed by atoms with E-state index < -0.39 is 10.0 Å². The lowest BCUT2D eigenvalue weighted by molar-refractivity contribution is -0.126. The number of carbonyl (C=O) groups is 1. The summed E-state index contributed by atoms with van der Waals surface area (Å²) in [6, 6.07) is 3.17. The SMILES string of the molecule is CCCCCCNC(=O)C1CCN(S(=O)(=O)c2cccnc2)CC1. The van der Waals surface area contributed by atoms with Gasteiger partial charge in [0.2, 0.25) is 15.9 Å². The van der Waals surface area contributed by atoms with Crippen LogP contribution in [0, 0.1) is 5.92 Å². The number of rotatable bonds is 8. The van der Waals surface area contributed by atoms with Gasteiger partial charge in [-0.3, -0.25) is 9.78 Å². The van der Waals surface area contributed by atoms with Gasteiger partial charge in [-0.05, 0) is 31.4 Å². The molecule has 0 radical (unpaired) electrons. The predicted octanol–water partition coefficient (Wildman–Crippen LogP) is 2.18. The van der Waals surface area contributed by atoms with Gasteiger partial charge in [-0.15, -0.1) is 0 Å². The highest BCUT2D eigenvalue weighted by atomic mass is 32.2. The van der Waals surface area contributed by atoms with Gasteiger partial charge >= 0.3 is 0 Å². The summed E-state index contributed by atoms with van der Waals surface area (Å²) in [5.41, 5.74) is 0. The molecule has 24 heavy (non-hydrogen) atoms. The van der Waals surface area contributed by atoms with E-state index in [1.165, 1.54) is 23.3 Å². The van der Waals surface area contributed by atoms with Gasteiger partial charge in [-0.25, -0.2) is 8.42 Å². The van der Waals surface area contributed by atoms with E-state index in [2.05, 4.69) is 17.2 Å². The minimum Gasteiger partial charge on any atom is -0.356 e. The van der Waals surface area contributed by atoms with Crippen molar-refractivity contribution in [1.82, 2.24) is 14.6 Å². The summed E-state index contributed by atoms with van der Waals surface area (Å²) in [5, 5.41) is 2.98. The first kappa shape index (κ1) is 18.9. The van der Waals surface area contributed by atoms with E-state index >= 15 is 0 Å². The number of unbranched alkanes of at least 4 members (excludes halogenated alkanes) is 3. The predicted molar refractivity (Wildman–Crippen MR) is 92.9 cm³/mol. The van der Waals surface area contributed by atoms with Crippen LogP contribution in [0.25, 0.3) is 0 Å². The second kappa shape index (κ2) is 9.13. The Balaban J connectivity index is 1.80. The van der Waals surface area contributed by atoms with E-state index in [1.807, 2.05) is 0 Å². The summed E-state index contributed by atoms with van der Waals surface area (Å²) in [5.74, 6) is -0.0264. The number of carbonyl (C=O) groups excluding carboxylic acids is 1. The summed E-state index contributed by atoms with van der Waals surface area (Å²) in [4.78, 5) is 16.3. The molecule has 2 heterocycles. The monoisotopic (exact) mass is 353 g/mol. The van der Waals surface area contributed by atoms with Gasteiger partial charge in [0.15, 0.2) is 0 Å². The van der Waals surface area contributed by atoms with E-state index in [1.54, 1.807) is 18.3 Å². The number of pyridine rings is 1. The minimum absolute atomic E-state index is 0.0601. The van der Waals surface area contributed by atoms with Crippen LogP contribution >= 0.6 is 0 Å². The van der Waals surface area contributed by atoms with Gasteiger partial charge in [0.05, 0.1) is 0 Å². The molecule has 1 aromatic heterocycles. The van der Waals surface area contributed by atoms with E-state index in [-0.39, 0.29) is 16.7 Å². The first-order valence-electron chi connectivity index (χ1n) is 8.73. The van der Waals surface area contributed by atoms with Crippen LogP contribution in [0.1, 0.15) is 45.4 Å². The third-order valence-electron chi connectivity index (χ3n) is 4.43. The van der Waals surface area contributed by atoms with E-state index in [0.29, 0.717) is 32.5 Å². The summed E-state index contributed by atoms with van der Waals surface area (Å²) in [7, 11) is -3.50. The van der Waals surface area contributed by atoms with Crippen LogP contribution in [0.3, 0.4) is 0 Å².